The van der Waals surface area contributed by atoms with Gasteiger partial charge in [0.1, 0.15) is 0 Å². The quantitative estimate of drug-likeness (QED) is 0.152. The van der Waals surface area contributed by atoms with E-state index in [1.54, 1.807) is 0 Å². The molecule has 0 amide bonds. The number of fused-ring (bicyclic) bond motifs is 7. The lowest BCUT2D eigenvalue weighted by molar-refractivity contribution is 0.332. The number of anilines is 6. The van der Waals surface area contributed by atoms with Gasteiger partial charge in [-0.3, -0.25) is 0 Å². The first kappa shape index (κ1) is 42.3. The molecule has 13 rings (SSSR count). The van der Waals surface area contributed by atoms with Crippen LogP contribution in [-0.4, -0.2) is 6.71 Å². The molecule has 6 aromatic carbocycles. The second-order valence-corrected chi connectivity index (χ2v) is 26.4. The van der Waals surface area contributed by atoms with Gasteiger partial charge in [0.25, 0.3) is 6.71 Å². The molecular formula is C63H71BN2. The van der Waals surface area contributed by atoms with E-state index < -0.39 is 0 Å². The summed E-state index contributed by atoms with van der Waals surface area (Å²) in [5.74, 6) is 0. The van der Waals surface area contributed by atoms with E-state index in [2.05, 4.69) is 212 Å². The molecule has 0 aromatic heterocycles. The highest BCUT2D eigenvalue weighted by atomic mass is 15.2. The maximum absolute atomic E-state index is 2.77. The molecule has 0 fully saturated rings. The molecule has 336 valence electrons. The molecule has 0 radical (unpaired) electrons. The van der Waals surface area contributed by atoms with Crippen molar-refractivity contribution in [3.63, 3.8) is 0 Å². The maximum Gasteiger partial charge on any atom is 0.252 e. The highest BCUT2D eigenvalue weighted by Gasteiger charge is 2.51. The summed E-state index contributed by atoms with van der Waals surface area (Å²) in [7, 11) is 0. The Hall–Kier alpha value is -5.02. The third-order valence-corrected chi connectivity index (χ3v) is 18.7. The van der Waals surface area contributed by atoms with Gasteiger partial charge in [0, 0.05) is 44.8 Å². The minimum Gasteiger partial charge on any atom is -0.311 e. The van der Waals surface area contributed by atoms with Crippen molar-refractivity contribution in [1.82, 2.24) is 0 Å². The van der Waals surface area contributed by atoms with Crippen molar-refractivity contribution in [2.75, 3.05) is 9.80 Å². The van der Waals surface area contributed by atoms with Crippen molar-refractivity contribution in [3.05, 3.63) is 147 Å². The fraction of sp³-hybridized carbons (Fsp3) is 0.429. The first-order valence-corrected chi connectivity index (χ1v) is 25.3. The Morgan fingerprint density at radius 3 is 1.47 bits per heavy atom. The highest BCUT2D eigenvalue weighted by Crippen LogP contribution is 2.59. The van der Waals surface area contributed by atoms with Crippen LogP contribution < -0.4 is 26.2 Å². The van der Waals surface area contributed by atoms with E-state index in [9.17, 15) is 0 Å². The summed E-state index contributed by atoms with van der Waals surface area (Å²) in [5, 5.41) is 0. The third-order valence-electron chi connectivity index (χ3n) is 18.7. The maximum atomic E-state index is 2.77. The Bertz CT molecular complexity index is 3160. The Labute approximate surface area is 397 Å². The molecule has 6 bridgehead atoms. The zero-order chi connectivity index (χ0) is 46.8. The van der Waals surface area contributed by atoms with Gasteiger partial charge in [-0.25, -0.2) is 0 Å². The second-order valence-electron chi connectivity index (χ2n) is 26.4. The predicted molar refractivity (Wildman–Crippen MR) is 284 cm³/mol. The number of nitrogens with zero attached hydrogens (tertiary/aromatic N) is 2. The third kappa shape index (κ3) is 5.44. The summed E-state index contributed by atoms with van der Waals surface area (Å²) in [6.45, 7) is 39.4. The van der Waals surface area contributed by atoms with Gasteiger partial charge >= 0.3 is 0 Å². The summed E-state index contributed by atoms with van der Waals surface area (Å²) < 4.78 is 0. The molecule has 2 nitrogen and oxygen atoms in total. The van der Waals surface area contributed by atoms with E-state index in [-0.39, 0.29) is 44.6 Å². The van der Waals surface area contributed by atoms with Crippen molar-refractivity contribution in [1.29, 1.82) is 0 Å². The average Bonchev–Trinajstić information content (AvgIpc) is 3.47. The van der Waals surface area contributed by atoms with E-state index in [1.165, 1.54) is 143 Å². The Kier molecular flexibility index (Phi) is 8.17. The van der Waals surface area contributed by atoms with Gasteiger partial charge in [0.05, 0.1) is 5.69 Å². The molecule has 0 unspecified atom stereocenters. The Morgan fingerprint density at radius 2 is 0.955 bits per heavy atom. The van der Waals surface area contributed by atoms with Crippen LogP contribution in [0.3, 0.4) is 0 Å². The number of rotatable bonds is 1. The van der Waals surface area contributed by atoms with Gasteiger partial charge in [0.2, 0.25) is 0 Å². The Morgan fingerprint density at radius 1 is 0.439 bits per heavy atom. The normalized spacial score (nSPS) is 20.8. The molecule has 0 saturated heterocycles. The smallest absolute Gasteiger partial charge is 0.252 e. The van der Waals surface area contributed by atoms with Gasteiger partial charge in [-0.2, -0.15) is 0 Å². The summed E-state index contributed by atoms with van der Waals surface area (Å²) >= 11 is 0. The van der Waals surface area contributed by atoms with Crippen molar-refractivity contribution in [3.8, 4) is 11.1 Å². The van der Waals surface area contributed by atoms with Crippen molar-refractivity contribution >= 4 is 57.2 Å². The standard InChI is InChI=1S/C63H71BN2/c1-36-28-37(57(2,3)4)21-23-49(36)65-51-34-45-43(58(5,6)24-26-60(45,9)10)32-47(51)64-48-33-44-46(61(11,12)27-25-59(44,7)8)35-52(48)66-50-19-17-18-41-55(50)40-22-20-38(29-42(40)63(41,15)16)62(13,14)39-30-53(65)56(64)54(66)31-39/h17-23,28-35H,24-27H2,1-16H3. The predicted octanol–water partition coefficient (Wildman–Crippen LogP) is 15.0. The number of aryl methyl sites for hydroxylation is 1. The molecule has 0 spiro atoms. The molecule has 0 N–H and O–H groups in total. The second kappa shape index (κ2) is 12.7. The van der Waals surface area contributed by atoms with Crippen LogP contribution >= 0.6 is 0 Å². The number of benzene rings is 6. The van der Waals surface area contributed by atoms with Gasteiger partial charge < -0.3 is 9.80 Å². The lowest BCUT2D eigenvalue weighted by Crippen LogP contribution is -2.62. The summed E-state index contributed by atoms with van der Waals surface area (Å²) in [4.78, 5) is 5.51. The molecular weight excluding hydrogens is 796 g/mol. The van der Waals surface area contributed by atoms with Gasteiger partial charge in [-0.05, 0) is 174 Å². The molecule has 66 heavy (non-hydrogen) atoms. The summed E-state index contributed by atoms with van der Waals surface area (Å²) in [5.41, 5.74) is 29.3. The van der Waals surface area contributed by atoms with Gasteiger partial charge in [-0.15, -0.1) is 0 Å². The average molecular weight is 867 g/mol. The van der Waals surface area contributed by atoms with Crippen LogP contribution in [0.1, 0.15) is 185 Å². The van der Waals surface area contributed by atoms with Crippen LogP contribution in [0.25, 0.3) is 11.1 Å². The van der Waals surface area contributed by atoms with Crippen LogP contribution in [0, 0.1) is 6.92 Å². The lowest BCUT2D eigenvalue weighted by Gasteiger charge is -2.49. The molecule has 0 atom stereocenters. The first-order chi connectivity index (χ1) is 30.7. The van der Waals surface area contributed by atoms with Gasteiger partial charge in [-0.1, -0.05) is 158 Å². The number of hydrogen-bond acceptors (Lipinski definition) is 2. The fourth-order valence-electron chi connectivity index (χ4n) is 13.9. The van der Waals surface area contributed by atoms with Gasteiger partial charge in [0.15, 0.2) is 0 Å². The molecule has 0 saturated carbocycles. The fourth-order valence-corrected chi connectivity index (χ4v) is 13.9. The van der Waals surface area contributed by atoms with E-state index in [0.29, 0.717) is 0 Å². The van der Waals surface area contributed by atoms with Crippen LogP contribution in [-0.2, 0) is 37.9 Å². The van der Waals surface area contributed by atoms with Crippen molar-refractivity contribution in [2.45, 2.75) is 174 Å². The molecule has 3 aliphatic carbocycles. The topological polar surface area (TPSA) is 6.48 Å². The van der Waals surface area contributed by atoms with E-state index in [0.717, 1.165) is 0 Å². The van der Waals surface area contributed by atoms with Crippen LogP contribution in [0.4, 0.5) is 34.1 Å². The van der Waals surface area contributed by atoms with E-state index in [4.69, 9.17) is 0 Å². The SMILES string of the molecule is Cc1cc(C(C)(C)C)ccc1N1c2cc3c(cc2B2c4cc5c(cc4N4c6cc(cc1c62)C(C)(C)c1ccc2c(c1)C(C)(C)c1cccc4c1-2)C(C)(C)CCC5(C)C)C(C)(C)CCC3(C)C. The van der Waals surface area contributed by atoms with Crippen LogP contribution in [0.5, 0.6) is 0 Å². The van der Waals surface area contributed by atoms with Crippen molar-refractivity contribution in [2.24, 2.45) is 0 Å². The lowest BCUT2D eigenvalue weighted by atomic mass is 9.32. The highest BCUT2D eigenvalue weighted by molar-refractivity contribution is 7.00. The first-order valence-electron chi connectivity index (χ1n) is 25.3. The van der Waals surface area contributed by atoms with Crippen molar-refractivity contribution < 1.29 is 0 Å². The van der Waals surface area contributed by atoms with E-state index >= 15 is 0 Å². The molecule has 3 heteroatoms. The molecule has 4 aliphatic heterocycles. The molecule has 4 heterocycles. The monoisotopic (exact) mass is 867 g/mol. The largest absolute Gasteiger partial charge is 0.311 e. The minimum absolute atomic E-state index is 0.0456. The summed E-state index contributed by atoms with van der Waals surface area (Å²) in [6, 6.07) is 38.2. The molecule has 7 aliphatic rings. The molecule has 6 aromatic rings. The van der Waals surface area contributed by atoms with E-state index in [1.807, 2.05) is 0 Å². The van der Waals surface area contributed by atoms with Crippen LogP contribution in [0.2, 0.25) is 0 Å². The minimum atomic E-state index is -0.282. The zero-order valence-electron chi connectivity index (χ0n) is 43.0. The number of hydrogen-bond donors (Lipinski definition) is 0. The zero-order valence-corrected chi connectivity index (χ0v) is 43.0. The summed E-state index contributed by atoms with van der Waals surface area (Å²) in [6.07, 6.45) is 4.74. The van der Waals surface area contributed by atoms with Crippen LogP contribution in [0.15, 0.2) is 91.0 Å². The Balaban J connectivity index is 1.29.